The maximum absolute atomic E-state index is 12.9. The lowest BCUT2D eigenvalue weighted by molar-refractivity contribution is -0.385. The monoisotopic (exact) mass is 534 g/mol. The number of hydrogen-bond acceptors (Lipinski definition) is 9. The summed E-state index contributed by atoms with van der Waals surface area (Å²) in [5.74, 6) is -2.23. The molecule has 2 aromatic carbocycles. The predicted octanol–water partition coefficient (Wildman–Crippen LogP) is 3.39. The highest BCUT2D eigenvalue weighted by molar-refractivity contribution is 6.14. The van der Waals surface area contributed by atoms with Crippen molar-refractivity contribution in [3.8, 4) is 5.75 Å². The standard InChI is InChI=1S/C26H22N4O9/c1-15-6-8-17(9-7-15)27-22(31)14-38-23-16(4-3-5-20(23)30(35)36)12-19-24(32)29(26(34)28-19)13-18-10-11-21(39-18)25(33)37-2/h3-12H,13-14H2,1-2H3,(H,27,31)(H,28,34)/b19-12-. The van der Waals surface area contributed by atoms with Crippen LogP contribution in [0.1, 0.15) is 27.4 Å². The third kappa shape index (κ3) is 6.10. The van der Waals surface area contributed by atoms with E-state index in [1.165, 1.54) is 43.5 Å². The number of furan rings is 1. The molecule has 1 aliphatic heterocycles. The molecule has 0 radical (unpaired) electrons. The minimum atomic E-state index is -0.771. The first-order chi connectivity index (χ1) is 18.7. The number of nitro benzene ring substituents is 1. The van der Waals surface area contributed by atoms with E-state index in [1.54, 1.807) is 12.1 Å². The van der Waals surface area contributed by atoms with Gasteiger partial charge in [-0.3, -0.25) is 24.6 Å². The van der Waals surface area contributed by atoms with Crippen molar-refractivity contribution in [1.29, 1.82) is 0 Å². The molecule has 0 bridgehead atoms. The normalized spacial score (nSPS) is 13.8. The third-order valence-corrected chi connectivity index (χ3v) is 5.53. The summed E-state index contributed by atoms with van der Waals surface area (Å²) in [5.41, 5.74) is 0.989. The number of carbonyl (C=O) groups is 4. The van der Waals surface area contributed by atoms with E-state index in [2.05, 4.69) is 15.4 Å². The zero-order chi connectivity index (χ0) is 28.1. The van der Waals surface area contributed by atoms with Gasteiger partial charge in [-0.1, -0.05) is 29.8 Å². The molecule has 39 heavy (non-hydrogen) atoms. The lowest BCUT2D eigenvalue weighted by atomic mass is 10.1. The Morgan fingerprint density at radius 2 is 1.87 bits per heavy atom. The number of urea groups is 1. The molecule has 0 saturated carbocycles. The van der Waals surface area contributed by atoms with Gasteiger partial charge in [-0.05, 0) is 37.3 Å². The Labute approximate surface area is 221 Å². The van der Waals surface area contributed by atoms with Gasteiger partial charge in [0.1, 0.15) is 11.5 Å². The molecule has 0 unspecified atom stereocenters. The zero-order valence-corrected chi connectivity index (χ0v) is 20.8. The topological polar surface area (TPSA) is 170 Å². The van der Waals surface area contributed by atoms with Crippen LogP contribution in [0.2, 0.25) is 0 Å². The van der Waals surface area contributed by atoms with Crippen LogP contribution in [0.5, 0.6) is 5.75 Å². The molecule has 0 atom stereocenters. The van der Waals surface area contributed by atoms with Crippen LogP contribution in [-0.4, -0.2) is 47.4 Å². The Balaban J connectivity index is 1.53. The average Bonchev–Trinajstić information content (AvgIpc) is 3.49. The van der Waals surface area contributed by atoms with Crippen LogP contribution in [-0.2, 0) is 20.9 Å². The van der Waals surface area contributed by atoms with Gasteiger partial charge in [-0.2, -0.15) is 0 Å². The summed E-state index contributed by atoms with van der Waals surface area (Å²) in [7, 11) is 1.18. The number of para-hydroxylation sites is 1. The molecular weight excluding hydrogens is 512 g/mol. The van der Waals surface area contributed by atoms with Crippen molar-refractivity contribution in [1.82, 2.24) is 10.2 Å². The van der Waals surface area contributed by atoms with Gasteiger partial charge in [0, 0.05) is 17.3 Å². The minimum absolute atomic E-state index is 0.0869. The molecule has 0 spiro atoms. The van der Waals surface area contributed by atoms with Gasteiger partial charge in [-0.15, -0.1) is 0 Å². The molecule has 1 aliphatic rings. The molecule has 1 fully saturated rings. The summed E-state index contributed by atoms with van der Waals surface area (Å²) in [6.07, 6.45) is 1.21. The first kappa shape index (κ1) is 26.6. The Morgan fingerprint density at radius 3 is 2.56 bits per heavy atom. The second-order valence-electron chi connectivity index (χ2n) is 8.29. The highest BCUT2D eigenvalue weighted by atomic mass is 16.6. The van der Waals surface area contributed by atoms with Gasteiger partial charge in [0.15, 0.2) is 6.61 Å². The van der Waals surface area contributed by atoms with Crippen molar-refractivity contribution in [2.24, 2.45) is 0 Å². The third-order valence-electron chi connectivity index (χ3n) is 5.53. The molecule has 0 aliphatic carbocycles. The van der Waals surface area contributed by atoms with Crippen LogP contribution in [0.4, 0.5) is 16.2 Å². The van der Waals surface area contributed by atoms with Crippen molar-refractivity contribution in [3.05, 3.63) is 93.1 Å². The summed E-state index contributed by atoms with van der Waals surface area (Å²) in [6, 6.07) is 13.0. The number of ether oxygens (including phenoxy) is 2. The summed E-state index contributed by atoms with van der Waals surface area (Å²) < 4.78 is 15.4. The first-order valence-corrected chi connectivity index (χ1v) is 11.4. The predicted molar refractivity (Wildman–Crippen MR) is 136 cm³/mol. The smallest absolute Gasteiger partial charge is 0.373 e. The Hall–Kier alpha value is -5.46. The molecule has 2 heterocycles. The van der Waals surface area contributed by atoms with E-state index in [-0.39, 0.29) is 35.1 Å². The zero-order valence-electron chi connectivity index (χ0n) is 20.8. The van der Waals surface area contributed by atoms with E-state index in [0.717, 1.165) is 10.5 Å². The van der Waals surface area contributed by atoms with E-state index < -0.39 is 41.0 Å². The molecule has 13 nitrogen and oxygen atoms in total. The van der Waals surface area contributed by atoms with Crippen LogP contribution >= 0.6 is 0 Å². The second kappa shape index (κ2) is 11.3. The average molecular weight is 534 g/mol. The molecule has 2 N–H and O–H groups in total. The number of nitrogens with one attached hydrogen (secondary N) is 2. The maximum atomic E-state index is 12.9. The lowest BCUT2D eigenvalue weighted by Gasteiger charge is -2.11. The van der Waals surface area contributed by atoms with E-state index >= 15 is 0 Å². The van der Waals surface area contributed by atoms with Gasteiger partial charge < -0.3 is 24.5 Å². The molecule has 1 saturated heterocycles. The van der Waals surface area contributed by atoms with Gasteiger partial charge in [0.2, 0.25) is 11.5 Å². The van der Waals surface area contributed by atoms with Crippen molar-refractivity contribution in [2.45, 2.75) is 13.5 Å². The number of methoxy groups -OCH3 is 1. The van der Waals surface area contributed by atoms with Crippen molar-refractivity contribution < 1.29 is 38.0 Å². The van der Waals surface area contributed by atoms with Crippen molar-refractivity contribution >= 4 is 41.3 Å². The number of rotatable bonds is 9. The number of anilines is 1. The molecule has 1 aromatic heterocycles. The molecule has 4 amide bonds. The van der Waals surface area contributed by atoms with E-state index in [1.807, 2.05) is 19.1 Å². The van der Waals surface area contributed by atoms with E-state index in [9.17, 15) is 29.3 Å². The minimum Gasteiger partial charge on any atom is -0.476 e. The van der Waals surface area contributed by atoms with Gasteiger partial charge in [0.25, 0.3) is 11.8 Å². The van der Waals surface area contributed by atoms with Crippen LogP contribution in [0.3, 0.4) is 0 Å². The summed E-state index contributed by atoms with van der Waals surface area (Å²) in [6.45, 7) is 1.06. The highest BCUT2D eigenvalue weighted by Gasteiger charge is 2.35. The fourth-order valence-electron chi connectivity index (χ4n) is 3.63. The molecule has 4 rings (SSSR count). The lowest BCUT2D eigenvalue weighted by Crippen LogP contribution is -2.30. The van der Waals surface area contributed by atoms with Gasteiger partial charge >= 0.3 is 17.7 Å². The summed E-state index contributed by atoms with van der Waals surface area (Å²) in [5, 5.41) is 16.7. The number of carbonyl (C=O) groups excluding carboxylic acids is 4. The number of nitrogens with zero attached hydrogens (tertiary/aromatic N) is 2. The quantitative estimate of drug-likeness (QED) is 0.137. The number of imide groups is 1. The fraction of sp³-hybridized carbons (Fsp3) is 0.154. The van der Waals surface area contributed by atoms with Crippen LogP contribution < -0.4 is 15.4 Å². The number of benzene rings is 2. The van der Waals surface area contributed by atoms with Gasteiger partial charge in [0.05, 0.1) is 18.6 Å². The second-order valence-corrected chi connectivity index (χ2v) is 8.29. The van der Waals surface area contributed by atoms with Crippen LogP contribution in [0.25, 0.3) is 6.08 Å². The van der Waals surface area contributed by atoms with Crippen molar-refractivity contribution in [2.75, 3.05) is 19.0 Å². The number of nitro groups is 1. The number of aryl methyl sites for hydroxylation is 1. The number of esters is 1. The SMILES string of the molecule is COC(=O)c1ccc(CN2C(=O)N/C(=C\c3cccc([N+](=O)[O-])c3OCC(=O)Nc3ccc(C)cc3)C2=O)o1. The molecule has 13 heteroatoms. The molecule has 200 valence electrons. The Bertz CT molecular complexity index is 1490. The summed E-state index contributed by atoms with van der Waals surface area (Å²) in [4.78, 5) is 61.2. The van der Waals surface area contributed by atoms with Crippen LogP contribution in [0, 0.1) is 17.0 Å². The Kier molecular flexibility index (Phi) is 7.70. The number of amides is 4. The molecule has 3 aromatic rings. The Morgan fingerprint density at radius 1 is 1.13 bits per heavy atom. The number of hydrogen-bond donors (Lipinski definition) is 2. The highest BCUT2D eigenvalue weighted by Crippen LogP contribution is 2.33. The van der Waals surface area contributed by atoms with Gasteiger partial charge in [-0.25, -0.2) is 9.59 Å². The first-order valence-electron chi connectivity index (χ1n) is 11.4. The van der Waals surface area contributed by atoms with Crippen molar-refractivity contribution in [3.63, 3.8) is 0 Å². The fourth-order valence-corrected chi connectivity index (χ4v) is 3.63. The summed E-state index contributed by atoms with van der Waals surface area (Å²) >= 11 is 0. The van der Waals surface area contributed by atoms with E-state index in [4.69, 9.17) is 9.15 Å². The van der Waals surface area contributed by atoms with Crippen LogP contribution in [0.15, 0.2) is 64.7 Å². The molecular formula is C26H22N4O9. The van der Waals surface area contributed by atoms with E-state index in [0.29, 0.717) is 5.69 Å². The maximum Gasteiger partial charge on any atom is 0.373 e. The largest absolute Gasteiger partial charge is 0.476 e.